The lowest BCUT2D eigenvalue weighted by Gasteiger charge is -2.33. The van der Waals surface area contributed by atoms with Gasteiger partial charge in [0.2, 0.25) is 21.8 Å². The molecule has 11 nitrogen and oxygen atoms in total. The molecule has 42 heavy (non-hydrogen) atoms. The molecule has 224 valence electrons. The van der Waals surface area contributed by atoms with Gasteiger partial charge in [-0.1, -0.05) is 74.0 Å². The Labute approximate surface area is 246 Å². The van der Waals surface area contributed by atoms with E-state index in [1.807, 2.05) is 67.6 Å². The quantitative estimate of drug-likeness (QED) is 0.159. The summed E-state index contributed by atoms with van der Waals surface area (Å²) in [5, 5.41) is 14.4. The highest BCUT2D eigenvalue weighted by atomic mass is 32.2. The topological polar surface area (TPSA) is 139 Å². The smallest absolute Gasteiger partial charge is 0.271 e. The molecule has 1 unspecified atom stereocenters. The summed E-state index contributed by atoms with van der Waals surface area (Å²) in [5.74, 6) is -0.994. The molecule has 3 aromatic rings. The third-order valence-electron chi connectivity index (χ3n) is 6.62. The minimum Gasteiger partial charge on any atom is -0.495 e. The monoisotopic (exact) mass is 596 g/mol. The summed E-state index contributed by atoms with van der Waals surface area (Å²) in [4.78, 5) is 39.9. The first-order chi connectivity index (χ1) is 20.0. The first-order valence-corrected chi connectivity index (χ1v) is 15.3. The third kappa shape index (κ3) is 8.77. The van der Waals surface area contributed by atoms with Crippen LogP contribution in [0.5, 0.6) is 5.75 Å². The molecule has 0 heterocycles. The molecule has 3 rings (SSSR count). The standard InChI is InChI=1S/C30H36N4O7S/c1-4-5-18-31-30(36)27(19-23-12-8-6-9-13-23)32(21-24-14-10-7-11-15-24)29(35)22-33(42(3,39)40)26-20-25(34(37)38)16-17-28(26)41-2/h6-17,20,27H,4-5,18-19,21-22H2,1-3H3,(H,31,36). The molecule has 0 saturated carbocycles. The van der Waals surface area contributed by atoms with Crippen molar-refractivity contribution in [1.82, 2.24) is 10.2 Å². The Hall–Kier alpha value is -4.45. The number of sulfonamides is 1. The number of carbonyl (C=O) groups is 2. The second kappa shape index (κ2) is 15.0. The number of amides is 2. The lowest BCUT2D eigenvalue weighted by Crippen LogP contribution is -2.53. The van der Waals surface area contributed by atoms with E-state index in [1.54, 1.807) is 0 Å². The van der Waals surface area contributed by atoms with E-state index in [9.17, 15) is 28.1 Å². The van der Waals surface area contributed by atoms with Gasteiger partial charge in [0.05, 0.1) is 18.3 Å². The lowest BCUT2D eigenvalue weighted by atomic mass is 10.0. The molecule has 0 fully saturated rings. The number of nitrogens with one attached hydrogen (secondary N) is 1. The van der Waals surface area contributed by atoms with Gasteiger partial charge in [0.1, 0.15) is 24.0 Å². The first kappa shape index (κ1) is 32.1. The van der Waals surface area contributed by atoms with Gasteiger partial charge in [-0.25, -0.2) is 8.42 Å². The Morgan fingerprint density at radius 3 is 2.17 bits per heavy atom. The van der Waals surface area contributed by atoms with Crippen molar-refractivity contribution in [3.63, 3.8) is 0 Å². The molecule has 0 spiro atoms. The van der Waals surface area contributed by atoms with Crippen molar-refractivity contribution in [1.29, 1.82) is 0 Å². The van der Waals surface area contributed by atoms with Gasteiger partial charge in [-0.05, 0) is 23.6 Å². The number of hydrogen-bond acceptors (Lipinski definition) is 7. The van der Waals surface area contributed by atoms with Gasteiger partial charge in [-0.2, -0.15) is 0 Å². The average Bonchev–Trinajstić information content (AvgIpc) is 2.97. The molecular weight excluding hydrogens is 560 g/mol. The minimum absolute atomic E-state index is 0.0298. The summed E-state index contributed by atoms with van der Waals surface area (Å²) in [6.45, 7) is 1.74. The Morgan fingerprint density at radius 2 is 1.62 bits per heavy atom. The molecule has 0 aliphatic carbocycles. The zero-order chi connectivity index (χ0) is 30.7. The van der Waals surface area contributed by atoms with E-state index in [2.05, 4.69) is 5.32 Å². The number of nitro benzene ring substituents is 1. The number of nitro groups is 1. The van der Waals surface area contributed by atoms with Gasteiger partial charge in [0.15, 0.2) is 0 Å². The summed E-state index contributed by atoms with van der Waals surface area (Å²) in [7, 11) is -2.84. The molecule has 0 aliphatic rings. The summed E-state index contributed by atoms with van der Waals surface area (Å²) in [5.41, 5.74) is 1.03. The minimum atomic E-state index is -4.13. The van der Waals surface area contributed by atoms with E-state index in [0.717, 1.165) is 40.6 Å². The molecule has 0 radical (unpaired) electrons. The molecule has 0 bridgehead atoms. The van der Waals surface area contributed by atoms with Crippen LogP contribution in [0.3, 0.4) is 0 Å². The summed E-state index contributed by atoms with van der Waals surface area (Å²) in [6.07, 6.45) is 2.71. The zero-order valence-electron chi connectivity index (χ0n) is 23.9. The predicted octanol–water partition coefficient (Wildman–Crippen LogP) is 3.93. The van der Waals surface area contributed by atoms with Gasteiger partial charge in [-0.3, -0.25) is 24.0 Å². The van der Waals surface area contributed by atoms with Gasteiger partial charge in [0, 0.05) is 31.6 Å². The normalized spacial score (nSPS) is 11.8. The van der Waals surface area contributed by atoms with Crippen LogP contribution in [-0.4, -0.2) is 62.6 Å². The molecule has 1 N–H and O–H groups in total. The zero-order valence-corrected chi connectivity index (χ0v) is 24.7. The van der Waals surface area contributed by atoms with Crippen molar-refractivity contribution in [2.45, 2.75) is 38.8 Å². The second-order valence-electron chi connectivity index (χ2n) is 9.74. The molecule has 0 aliphatic heterocycles. The van der Waals surface area contributed by atoms with Crippen LogP contribution in [0.1, 0.15) is 30.9 Å². The van der Waals surface area contributed by atoms with E-state index in [-0.39, 0.29) is 36.0 Å². The maximum atomic E-state index is 14.1. The van der Waals surface area contributed by atoms with E-state index >= 15 is 0 Å². The third-order valence-corrected chi connectivity index (χ3v) is 7.74. The fraction of sp³-hybridized carbons (Fsp3) is 0.333. The largest absolute Gasteiger partial charge is 0.495 e. The highest BCUT2D eigenvalue weighted by molar-refractivity contribution is 7.92. The first-order valence-electron chi connectivity index (χ1n) is 13.5. The molecule has 3 aromatic carbocycles. The van der Waals surface area contributed by atoms with Crippen LogP contribution in [0.2, 0.25) is 0 Å². The van der Waals surface area contributed by atoms with Crippen molar-refractivity contribution < 1.29 is 27.7 Å². The van der Waals surface area contributed by atoms with Crippen LogP contribution in [0.4, 0.5) is 11.4 Å². The number of anilines is 1. The van der Waals surface area contributed by atoms with E-state index < -0.39 is 33.4 Å². The molecule has 0 aromatic heterocycles. The van der Waals surface area contributed by atoms with Gasteiger partial charge in [-0.15, -0.1) is 0 Å². The van der Waals surface area contributed by atoms with Crippen molar-refractivity contribution in [2.24, 2.45) is 0 Å². The Morgan fingerprint density at radius 1 is 1.00 bits per heavy atom. The summed E-state index contributed by atoms with van der Waals surface area (Å²) in [6, 6.07) is 20.8. The van der Waals surface area contributed by atoms with Crippen LogP contribution in [-0.2, 0) is 32.6 Å². The van der Waals surface area contributed by atoms with Crippen LogP contribution in [0.25, 0.3) is 0 Å². The van der Waals surface area contributed by atoms with Crippen molar-refractivity contribution in [3.05, 3.63) is 100 Å². The Balaban J connectivity index is 2.08. The summed E-state index contributed by atoms with van der Waals surface area (Å²) < 4.78 is 32.1. The van der Waals surface area contributed by atoms with Crippen LogP contribution >= 0.6 is 0 Å². The van der Waals surface area contributed by atoms with Crippen molar-refractivity contribution in [2.75, 3.05) is 30.8 Å². The average molecular weight is 597 g/mol. The van der Waals surface area contributed by atoms with Crippen molar-refractivity contribution in [3.8, 4) is 5.75 Å². The molecular formula is C30H36N4O7S. The number of hydrogen-bond donors (Lipinski definition) is 1. The van der Waals surface area contributed by atoms with Crippen molar-refractivity contribution >= 4 is 33.2 Å². The highest BCUT2D eigenvalue weighted by Gasteiger charge is 2.34. The van der Waals surface area contributed by atoms with E-state index in [4.69, 9.17) is 4.74 Å². The van der Waals surface area contributed by atoms with Gasteiger partial charge in [0.25, 0.3) is 5.69 Å². The molecule has 2 amide bonds. The fourth-order valence-electron chi connectivity index (χ4n) is 4.42. The SMILES string of the molecule is CCCCNC(=O)C(Cc1ccccc1)N(Cc1ccccc1)C(=O)CN(c1cc([N+](=O)[O-])ccc1OC)S(C)(=O)=O. The number of rotatable bonds is 15. The highest BCUT2D eigenvalue weighted by Crippen LogP contribution is 2.34. The van der Waals surface area contributed by atoms with E-state index in [0.29, 0.717) is 6.54 Å². The summed E-state index contributed by atoms with van der Waals surface area (Å²) >= 11 is 0. The number of unbranched alkanes of at least 4 members (excludes halogenated alkanes) is 1. The molecule has 0 saturated heterocycles. The second-order valence-corrected chi connectivity index (χ2v) is 11.6. The Bertz CT molecular complexity index is 1470. The number of nitrogens with zero attached hydrogens (tertiary/aromatic N) is 3. The lowest BCUT2D eigenvalue weighted by molar-refractivity contribution is -0.384. The Kier molecular flexibility index (Phi) is 11.4. The van der Waals surface area contributed by atoms with Crippen LogP contribution in [0, 0.1) is 10.1 Å². The molecule has 1 atom stereocenters. The van der Waals surface area contributed by atoms with Gasteiger partial charge < -0.3 is 15.0 Å². The fourth-order valence-corrected chi connectivity index (χ4v) is 5.27. The number of carbonyl (C=O) groups excluding carboxylic acids is 2. The van der Waals surface area contributed by atoms with E-state index in [1.165, 1.54) is 24.1 Å². The number of non-ortho nitro benzene ring substituents is 1. The van der Waals surface area contributed by atoms with Crippen LogP contribution in [0.15, 0.2) is 78.9 Å². The number of methoxy groups -OCH3 is 1. The maximum absolute atomic E-state index is 14.1. The predicted molar refractivity (Wildman–Crippen MR) is 161 cm³/mol. The number of ether oxygens (including phenoxy) is 1. The van der Waals surface area contributed by atoms with Gasteiger partial charge >= 0.3 is 0 Å². The molecule has 12 heteroatoms. The van der Waals surface area contributed by atoms with Crippen LogP contribution < -0.4 is 14.4 Å². The maximum Gasteiger partial charge on any atom is 0.271 e. The number of benzene rings is 3.